The molecule has 0 spiro atoms. The van der Waals surface area contributed by atoms with Gasteiger partial charge in [-0.3, -0.25) is 9.59 Å². The quantitative estimate of drug-likeness (QED) is 0.687. The molecule has 0 saturated heterocycles. The molecule has 7 heteroatoms. The number of methoxy groups -OCH3 is 1. The summed E-state index contributed by atoms with van der Waals surface area (Å²) in [5, 5.41) is 2.80. The number of nitrogens with one attached hydrogen (secondary N) is 1. The third kappa shape index (κ3) is 5.47. The summed E-state index contributed by atoms with van der Waals surface area (Å²) in [6.45, 7) is 1.55. The van der Waals surface area contributed by atoms with Crippen molar-refractivity contribution < 1.29 is 14.3 Å². The molecule has 1 aromatic carbocycles. The number of carbonyl (C=O) groups excluding carboxylic acids is 2. The van der Waals surface area contributed by atoms with Gasteiger partial charge in [-0.15, -0.1) is 12.4 Å². The average molecular weight is 356 g/mol. The minimum Gasteiger partial charge on any atom is -0.380 e. The molecule has 1 aliphatic rings. The topological polar surface area (TPSA) is 84.7 Å². The predicted molar refractivity (Wildman–Crippen MR) is 96.5 cm³/mol. The first kappa shape index (κ1) is 20.4. The molecule has 6 nitrogen and oxygen atoms in total. The van der Waals surface area contributed by atoms with Crippen molar-refractivity contribution in [3.63, 3.8) is 0 Å². The lowest BCUT2D eigenvalue weighted by Gasteiger charge is -2.17. The van der Waals surface area contributed by atoms with Gasteiger partial charge >= 0.3 is 0 Å². The maximum Gasteiger partial charge on any atom is 0.227 e. The minimum atomic E-state index is -0.252. The fraction of sp³-hybridized carbons (Fsp3) is 0.529. The molecule has 1 heterocycles. The summed E-state index contributed by atoms with van der Waals surface area (Å²) in [6, 6.07) is 8.00. The van der Waals surface area contributed by atoms with Gasteiger partial charge in [0.15, 0.2) is 0 Å². The Morgan fingerprint density at radius 2 is 2.12 bits per heavy atom. The highest BCUT2D eigenvalue weighted by Gasteiger charge is 2.23. The number of nitrogens with two attached hydrogens (primary N) is 1. The van der Waals surface area contributed by atoms with Crippen LogP contribution in [-0.4, -0.2) is 44.7 Å². The van der Waals surface area contributed by atoms with E-state index in [1.54, 1.807) is 0 Å². The van der Waals surface area contributed by atoms with Crippen molar-refractivity contribution in [1.29, 1.82) is 0 Å². The van der Waals surface area contributed by atoms with Crippen molar-refractivity contribution >= 4 is 29.9 Å². The summed E-state index contributed by atoms with van der Waals surface area (Å²) < 4.78 is 5.07. The predicted octanol–water partition coefficient (Wildman–Crippen LogP) is 1.26. The number of amides is 2. The molecule has 1 unspecified atom stereocenters. The zero-order valence-electron chi connectivity index (χ0n) is 14.0. The third-order valence-corrected chi connectivity index (χ3v) is 4.09. The number of nitrogens with zero attached hydrogens (tertiary/aromatic N) is 1. The molecule has 3 N–H and O–H groups in total. The first-order valence-electron chi connectivity index (χ1n) is 8.03. The molecule has 0 aromatic heterocycles. The molecule has 0 radical (unpaired) electrons. The number of anilines is 1. The first-order chi connectivity index (χ1) is 11.2. The summed E-state index contributed by atoms with van der Waals surface area (Å²) in [6.07, 6.45) is 1.97. The monoisotopic (exact) mass is 355 g/mol. The maximum atomic E-state index is 12.3. The van der Waals surface area contributed by atoms with Gasteiger partial charge in [0.05, 0.1) is 12.5 Å². The number of hydrogen-bond donors (Lipinski definition) is 2. The van der Waals surface area contributed by atoms with Crippen molar-refractivity contribution in [2.45, 2.75) is 31.8 Å². The molecule has 0 bridgehead atoms. The van der Waals surface area contributed by atoms with Gasteiger partial charge in [-0.25, -0.2) is 0 Å². The van der Waals surface area contributed by atoms with E-state index in [0.29, 0.717) is 25.9 Å². The van der Waals surface area contributed by atoms with Gasteiger partial charge in [0.1, 0.15) is 0 Å². The largest absolute Gasteiger partial charge is 0.380 e. The summed E-state index contributed by atoms with van der Waals surface area (Å²) in [5.41, 5.74) is 7.72. The molecule has 2 rings (SSSR count). The normalized spacial score (nSPS) is 13.8. The Morgan fingerprint density at radius 1 is 1.38 bits per heavy atom. The van der Waals surface area contributed by atoms with E-state index in [9.17, 15) is 9.59 Å². The Labute approximate surface area is 149 Å². The second kappa shape index (κ2) is 10.3. The van der Waals surface area contributed by atoms with E-state index >= 15 is 0 Å². The van der Waals surface area contributed by atoms with Crippen LogP contribution in [0.1, 0.15) is 24.8 Å². The average Bonchev–Trinajstić information content (AvgIpc) is 3.00. The number of rotatable bonds is 8. The Balaban J connectivity index is 0.00000288. The number of halogens is 1. The Bertz CT molecular complexity index is 550. The van der Waals surface area contributed by atoms with Gasteiger partial charge in [0.2, 0.25) is 11.8 Å². The van der Waals surface area contributed by atoms with Crippen molar-refractivity contribution in [3.05, 3.63) is 29.8 Å². The standard InChI is InChI=1S/C17H25N3O3.ClH/c1-23-14(12-18)11-16(21)19-9-4-7-17(22)20-10-8-13-5-2-3-6-15(13)20;/h2-3,5-6,14H,4,7-12,18H2,1H3,(H,19,21);1H. The molecular formula is C17H26ClN3O3. The number of carbonyl (C=O) groups is 2. The van der Waals surface area contributed by atoms with Crippen LogP contribution in [0.5, 0.6) is 0 Å². The highest BCUT2D eigenvalue weighted by Crippen LogP contribution is 2.27. The minimum absolute atomic E-state index is 0. The lowest BCUT2D eigenvalue weighted by Crippen LogP contribution is -2.33. The maximum absolute atomic E-state index is 12.3. The molecule has 1 atom stereocenters. The zero-order chi connectivity index (χ0) is 16.7. The number of benzene rings is 1. The molecular weight excluding hydrogens is 330 g/mol. The van der Waals surface area contributed by atoms with E-state index in [0.717, 1.165) is 18.7 Å². The van der Waals surface area contributed by atoms with Crippen LogP contribution in [0.2, 0.25) is 0 Å². The molecule has 1 aliphatic heterocycles. The first-order valence-corrected chi connectivity index (χ1v) is 8.03. The van der Waals surface area contributed by atoms with Crippen molar-refractivity contribution in [2.75, 3.05) is 31.6 Å². The molecule has 2 amide bonds. The van der Waals surface area contributed by atoms with Gasteiger partial charge in [-0.2, -0.15) is 0 Å². The van der Waals surface area contributed by atoms with Crippen molar-refractivity contribution in [2.24, 2.45) is 5.73 Å². The number of ether oxygens (including phenoxy) is 1. The van der Waals surface area contributed by atoms with E-state index < -0.39 is 0 Å². The van der Waals surface area contributed by atoms with E-state index in [2.05, 4.69) is 11.4 Å². The summed E-state index contributed by atoms with van der Waals surface area (Å²) in [5.74, 6) is 0.0159. The molecule has 24 heavy (non-hydrogen) atoms. The smallest absolute Gasteiger partial charge is 0.227 e. The number of hydrogen-bond acceptors (Lipinski definition) is 4. The van der Waals surface area contributed by atoms with Crippen LogP contribution in [0, 0.1) is 0 Å². The Hall–Kier alpha value is -1.63. The lowest BCUT2D eigenvalue weighted by molar-refractivity contribution is -0.124. The van der Waals surface area contributed by atoms with Crippen LogP contribution in [0.4, 0.5) is 5.69 Å². The Morgan fingerprint density at radius 3 is 2.83 bits per heavy atom. The van der Waals surface area contributed by atoms with Gasteiger partial charge in [-0.05, 0) is 24.5 Å². The zero-order valence-corrected chi connectivity index (χ0v) is 14.8. The van der Waals surface area contributed by atoms with Gasteiger partial charge < -0.3 is 20.7 Å². The van der Waals surface area contributed by atoms with Crippen LogP contribution in [0.3, 0.4) is 0 Å². The van der Waals surface area contributed by atoms with Crippen LogP contribution in [0.15, 0.2) is 24.3 Å². The third-order valence-electron chi connectivity index (χ3n) is 4.09. The van der Waals surface area contributed by atoms with E-state index in [1.165, 1.54) is 12.7 Å². The fourth-order valence-corrected chi connectivity index (χ4v) is 2.74. The molecule has 0 fully saturated rings. The van der Waals surface area contributed by atoms with E-state index in [1.807, 2.05) is 23.1 Å². The SMILES string of the molecule is COC(CN)CC(=O)NCCCC(=O)N1CCc2ccccc21.Cl. The second-order valence-electron chi connectivity index (χ2n) is 5.68. The molecule has 0 saturated carbocycles. The molecule has 0 aliphatic carbocycles. The second-order valence-corrected chi connectivity index (χ2v) is 5.68. The number of para-hydroxylation sites is 1. The molecule has 1 aromatic rings. The van der Waals surface area contributed by atoms with Crippen LogP contribution < -0.4 is 16.0 Å². The summed E-state index contributed by atoms with van der Waals surface area (Å²) >= 11 is 0. The van der Waals surface area contributed by atoms with Crippen LogP contribution in [0.25, 0.3) is 0 Å². The fourth-order valence-electron chi connectivity index (χ4n) is 2.74. The summed E-state index contributed by atoms with van der Waals surface area (Å²) in [4.78, 5) is 25.8. The van der Waals surface area contributed by atoms with Gasteiger partial charge in [-0.1, -0.05) is 18.2 Å². The van der Waals surface area contributed by atoms with Crippen molar-refractivity contribution in [1.82, 2.24) is 5.32 Å². The van der Waals surface area contributed by atoms with Crippen molar-refractivity contribution in [3.8, 4) is 0 Å². The van der Waals surface area contributed by atoms with E-state index in [4.69, 9.17) is 10.5 Å². The highest BCUT2D eigenvalue weighted by molar-refractivity contribution is 5.95. The van der Waals surface area contributed by atoms with E-state index in [-0.39, 0.29) is 36.7 Å². The molecule has 134 valence electrons. The van der Waals surface area contributed by atoms with Crippen LogP contribution >= 0.6 is 12.4 Å². The van der Waals surface area contributed by atoms with Crippen LogP contribution in [-0.2, 0) is 20.7 Å². The highest BCUT2D eigenvalue weighted by atomic mass is 35.5. The number of fused-ring (bicyclic) bond motifs is 1. The van der Waals surface area contributed by atoms with Gasteiger partial charge in [0, 0.05) is 38.9 Å². The lowest BCUT2D eigenvalue weighted by atomic mass is 10.2. The summed E-state index contributed by atoms with van der Waals surface area (Å²) in [7, 11) is 1.54. The Kier molecular flexibility index (Phi) is 8.74. The van der Waals surface area contributed by atoms with Gasteiger partial charge in [0.25, 0.3) is 0 Å².